The first kappa shape index (κ1) is 31.6. The van der Waals surface area contributed by atoms with Crippen molar-refractivity contribution < 1.29 is 19.4 Å². The van der Waals surface area contributed by atoms with Gasteiger partial charge in [0, 0.05) is 43.1 Å². The SMILES string of the molecule is CCn1cncc1Cn1c(CN2CC[C@H](Oc3ccnc(COc4ccc(Cl)cc4Cl)c3)C2)nc2ccc(C(=O)O)cc21.S. The summed E-state index contributed by atoms with van der Waals surface area (Å²) in [5.41, 5.74) is 3.54. The quantitative estimate of drug-likeness (QED) is 0.184. The van der Waals surface area contributed by atoms with Gasteiger partial charge in [0.1, 0.15) is 30.0 Å². The lowest BCUT2D eigenvalue weighted by molar-refractivity contribution is 0.0697. The van der Waals surface area contributed by atoms with Crippen LogP contribution in [0.15, 0.2) is 67.3 Å². The molecule has 10 nitrogen and oxygen atoms in total. The summed E-state index contributed by atoms with van der Waals surface area (Å²) in [6, 6.07) is 13.9. The number of aromatic carboxylic acids is 1. The van der Waals surface area contributed by atoms with E-state index >= 15 is 0 Å². The molecule has 13 heteroatoms. The zero-order valence-electron chi connectivity index (χ0n) is 24.0. The molecule has 0 amide bonds. The fourth-order valence-electron chi connectivity index (χ4n) is 5.31. The molecule has 0 bridgehead atoms. The van der Waals surface area contributed by atoms with E-state index in [4.69, 9.17) is 37.7 Å². The molecule has 1 aliphatic heterocycles. The number of carbonyl (C=O) groups is 1. The molecule has 1 fully saturated rings. The molecule has 230 valence electrons. The predicted molar refractivity (Wildman–Crippen MR) is 173 cm³/mol. The van der Waals surface area contributed by atoms with Crippen molar-refractivity contribution in [2.75, 3.05) is 13.1 Å². The number of hydrogen-bond acceptors (Lipinski definition) is 7. The van der Waals surface area contributed by atoms with Crippen molar-refractivity contribution in [2.45, 2.75) is 45.7 Å². The molecule has 0 spiro atoms. The van der Waals surface area contributed by atoms with Crippen LogP contribution in [-0.2, 0) is 26.2 Å². The topological polar surface area (TPSA) is 108 Å². The second kappa shape index (κ2) is 13.9. The van der Waals surface area contributed by atoms with Crippen LogP contribution in [0.5, 0.6) is 11.5 Å². The lowest BCUT2D eigenvalue weighted by atomic mass is 10.2. The summed E-state index contributed by atoms with van der Waals surface area (Å²) in [7, 11) is 0. The number of carboxylic acid groups (broad SMARTS) is 1. The van der Waals surface area contributed by atoms with Crippen LogP contribution in [0.2, 0.25) is 10.0 Å². The zero-order chi connectivity index (χ0) is 29.9. The second-order valence-corrected chi connectivity index (χ2v) is 11.2. The first-order valence-electron chi connectivity index (χ1n) is 14.0. The molecule has 1 N–H and O–H groups in total. The van der Waals surface area contributed by atoms with Gasteiger partial charge < -0.3 is 23.7 Å². The molecule has 1 saturated heterocycles. The van der Waals surface area contributed by atoms with Crippen LogP contribution in [0.1, 0.15) is 40.9 Å². The van der Waals surface area contributed by atoms with E-state index in [-0.39, 0.29) is 31.8 Å². The van der Waals surface area contributed by atoms with Crippen LogP contribution in [0.4, 0.5) is 0 Å². The summed E-state index contributed by atoms with van der Waals surface area (Å²) in [4.78, 5) is 27.6. The molecule has 0 radical (unpaired) electrons. The molecule has 6 rings (SSSR count). The number of pyridine rings is 1. The van der Waals surface area contributed by atoms with E-state index in [1.807, 2.05) is 24.7 Å². The van der Waals surface area contributed by atoms with Crippen LogP contribution in [-0.4, -0.2) is 59.3 Å². The molecule has 1 aliphatic rings. The van der Waals surface area contributed by atoms with Crippen molar-refractivity contribution in [1.29, 1.82) is 0 Å². The first-order chi connectivity index (χ1) is 20.9. The van der Waals surface area contributed by atoms with Gasteiger partial charge in [0.15, 0.2) is 0 Å². The number of ether oxygens (including phenoxy) is 2. The fourth-order valence-corrected chi connectivity index (χ4v) is 5.77. The Balaban J connectivity index is 0.00000384. The summed E-state index contributed by atoms with van der Waals surface area (Å²) in [6.45, 7) is 5.82. The minimum absolute atomic E-state index is 0. The number of nitrogens with zero attached hydrogens (tertiary/aromatic N) is 6. The van der Waals surface area contributed by atoms with Crippen LogP contribution < -0.4 is 9.47 Å². The Morgan fingerprint density at radius 1 is 1.11 bits per heavy atom. The Labute approximate surface area is 271 Å². The molecule has 0 aliphatic carbocycles. The number of rotatable bonds is 11. The number of hydrogen-bond donors (Lipinski definition) is 1. The van der Waals surface area contributed by atoms with Crippen LogP contribution in [0, 0.1) is 0 Å². The number of aryl methyl sites for hydroxylation is 1. The molecular weight excluding hydrogens is 623 g/mol. The largest absolute Gasteiger partial charge is 0.489 e. The number of aromatic nitrogens is 5. The molecule has 5 aromatic rings. The van der Waals surface area contributed by atoms with Crippen LogP contribution in [0.3, 0.4) is 0 Å². The highest BCUT2D eigenvalue weighted by atomic mass is 35.5. The van der Waals surface area contributed by atoms with Crippen LogP contribution >= 0.6 is 36.7 Å². The predicted octanol–water partition coefficient (Wildman–Crippen LogP) is 6.05. The van der Waals surface area contributed by atoms with Gasteiger partial charge in [-0.15, -0.1) is 0 Å². The Morgan fingerprint density at radius 2 is 1.98 bits per heavy atom. The van der Waals surface area contributed by atoms with Gasteiger partial charge in [0.25, 0.3) is 0 Å². The normalized spacial score (nSPS) is 14.9. The Bertz CT molecular complexity index is 1780. The second-order valence-electron chi connectivity index (χ2n) is 10.4. The summed E-state index contributed by atoms with van der Waals surface area (Å²) in [5, 5.41) is 10.6. The van der Waals surface area contributed by atoms with E-state index in [0.717, 1.165) is 60.1 Å². The number of likely N-dealkylation sites (tertiary alicyclic amines) is 1. The van der Waals surface area contributed by atoms with Gasteiger partial charge in [-0.05, 0) is 55.8 Å². The fraction of sp³-hybridized carbons (Fsp3) is 0.290. The Hall–Kier alpha value is -3.77. The van der Waals surface area contributed by atoms with Gasteiger partial charge >= 0.3 is 5.97 Å². The Kier molecular flexibility index (Phi) is 10.00. The summed E-state index contributed by atoms with van der Waals surface area (Å²) in [5.74, 6) is 1.17. The van der Waals surface area contributed by atoms with Gasteiger partial charge in [0.05, 0.1) is 52.4 Å². The summed E-state index contributed by atoms with van der Waals surface area (Å²) >= 11 is 12.2. The van der Waals surface area contributed by atoms with Gasteiger partial charge in [-0.3, -0.25) is 9.88 Å². The standard InChI is InChI=1S/C31H30Cl2N6O4.H2S/c1-2-38-19-34-14-23(38)15-39-28-11-20(31(40)41)3-5-27(28)36-30(39)17-37-10-8-25(16-37)43-24-7-9-35-22(13-24)18-42-29-6-4-21(32)12-26(29)33;/h3-7,9,11-14,19,25H,2,8,10,15-18H2,1H3,(H,40,41);1H2/t25-;/m0./s1. The first-order valence-corrected chi connectivity index (χ1v) is 14.7. The van der Waals surface area contributed by atoms with E-state index < -0.39 is 5.97 Å². The van der Waals surface area contributed by atoms with Crippen molar-refractivity contribution in [1.82, 2.24) is 29.0 Å². The van der Waals surface area contributed by atoms with Gasteiger partial charge in [-0.1, -0.05) is 23.2 Å². The minimum Gasteiger partial charge on any atom is -0.489 e. The Morgan fingerprint density at radius 3 is 2.77 bits per heavy atom. The minimum atomic E-state index is -0.964. The van der Waals surface area contributed by atoms with Gasteiger partial charge in [0.2, 0.25) is 0 Å². The number of benzene rings is 2. The van der Waals surface area contributed by atoms with Gasteiger partial charge in [-0.2, -0.15) is 13.5 Å². The zero-order valence-corrected chi connectivity index (χ0v) is 26.5. The highest BCUT2D eigenvalue weighted by molar-refractivity contribution is 7.59. The molecule has 1 atom stereocenters. The van der Waals surface area contributed by atoms with Crippen molar-refractivity contribution in [3.05, 3.63) is 100 Å². The third-order valence-corrected chi connectivity index (χ3v) is 8.02. The maximum absolute atomic E-state index is 11.7. The monoisotopic (exact) mass is 654 g/mol. The summed E-state index contributed by atoms with van der Waals surface area (Å²) in [6.07, 6.45) is 6.22. The third-order valence-electron chi connectivity index (χ3n) is 7.49. The smallest absolute Gasteiger partial charge is 0.335 e. The van der Waals surface area contributed by atoms with Crippen molar-refractivity contribution in [3.8, 4) is 11.5 Å². The number of fused-ring (bicyclic) bond motifs is 1. The summed E-state index contributed by atoms with van der Waals surface area (Å²) < 4.78 is 16.3. The van der Waals surface area contributed by atoms with Gasteiger partial charge in [-0.25, -0.2) is 14.8 Å². The van der Waals surface area contributed by atoms with Crippen molar-refractivity contribution >= 4 is 53.7 Å². The highest BCUT2D eigenvalue weighted by Gasteiger charge is 2.26. The molecule has 4 heterocycles. The molecule has 3 aromatic heterocycles. The third kappa shape index (κ3) is 7.13. The average molecular weight is 656 g/mol. The number of halogens is 2. The van der Waals surface area contributed by atoms with Crippen LogP contribution in [0.25, 0.3) is 11.0 Å². The van der Waals surface area contributed by atoms with E-state index in [0.29, 0.717) is 28.9 Å². The van der Waals surface area contributed by atoms with E-state index in [2.05, 4.69) is 30.9 Å². The van der Waals surface area contributed by atoms with E-state index in [9.17, 15) is 9.90 Å². The average Bonchev–Trinajstić information content (AvgIpc) is 3.72. The molecule has 0 saturated carbocycles. The molecule has 0 unspecified atom stereocenters. The maximum Gasteiger partial charge on any atom is 0.335 e. The number of carboxylic acids is 1. The molecular formula is C31H32Cl2N6O4S. The molecule has 44 heavy (non-hydrogen) atoms. The lowest BCUT2D eigenvalue weighted by Gasteiger charge is -2.18. The molecule has 2 aromatic carbocycles. The van der Waals surface area contributed by atoms with Crippen molar-refractivity contribution in [3.63, 3.8) is 0 Å². The maximum atomic E-state index is 11.7. The van der Waals surface area contributed by atoms with Crippen molar-refractivity contribution in [2.24, 2.45) is 0 Å². The van der Waals surface area contributed by atoms with E-state index in [1.54, 1.807) is 42.6 Å². The lowest BCUT2D eigenvalue weighted by Crippen LogP contribution is -2.26. The van der Waals surface area contributed by atoms with E-state index in [1.165, 1.54) is 0 Å². The highest BCUT2D eigenvalue weighted by Crippen LogP contribution is 2.29. The number of imidazole rings is 2.